The predicted octanol–water partition coefficient (Wildman–Crippen LogP) is 5.05. The topological polar surface area (TPSA) is 26.3 Å². The molecule has 19 heavy (non-hydrogen) atoms. The number of carbonyl (C=O) groups excluding carboxylic acids is 1. The lowest BCUT2D eigenvalue weighted by atomic mass is 10.1. The first-order valence-electron chi connectivity index (χ1n) is 7.64. The molecule has 0 amide bonds. The molecule has 0 aromatic rings. The zero-order valence-electron chi connectivity index (χ0n) is 12.9. The molecule has 0 spiro atoms. The summed E-state index contributed by atoms with van der Waals surface area (Å²) in [5.74, 6) is 0.253. The molecule has 0 aromatic heterocycles. The normalized spacial score (nSPS) is 11.8. The zero-order valence-corrected chi connectivity index (χ0v) is 12.9. The van der Waals surface area contributed by atoms with Gasteiger partial charge in [0.25, 0.3) is 0 Å². The second-order valence-electron chi connectivity index (χ2n) is 5.34. The summed E-state index contributed by atoms with van der Waals surface area (Å²) in [5.41, 5.74) is 0. The van der Waals surface area contributed by atoms with E-state index in [0.29, 0.717) is 18.9 Å². The molecule has 2 nitrogen and oxygen atoms in total. The monoisotopic (exact) mass is 266 g/mol. The number of rotatable bonds is 11. The number of allylic oxidation sites excluding steroid dienone is 3. The van der Waals surface area contributed by atoms with Crippen molar-refractivity contribution in [1.29, 1.82) is 0 Å². The minimum Gasteiger partial charge on any atom is -0.461 e. The molecule has 0 fully saturated rings. The molecule has 0 unspecified atom stereocenters. The SMILES string of the molecule is CCCCCCCC=CC=CCOC(=O)CC(C)C. The summed E-state index contributed by atoms with van der Waals surface area (Å²) in [6, 6.07) is 0. The maximum Gasteiger partial charge on any atom is 0.306 e. The molecular weight excluding hydrogens is 236 g/mol. The van der Waals surface area contributed by atoms with Crippen LogP contribution in [0.15, 0.2) is 24.3 Å². The first-order chi connectivity index (χ1) is 9.16. The van der Waals surface area contributed by atoms with Crippen molar-refractivity contribution in [3.8, 4) is 0 Å². The highest BCUT2D eigenvalue weighted by Gasteiger charge is 2.03. The Hall–Kier alpha value is -1.05. The third kappa shape index (κ3) is 14.9. The molecule has 0 heterocycles. The van der Waals surface area contributed by atoms with Crippen molar-refractivity contribution in [1.82, 2.24) is 0 Å². The molecular formula is C17H30O2. The largest absolute Gasteiger partial charge is 0.461 e. The van der Waals surface area contributed by atoms with Gasteiger partial charge in [-0.3, -0.25) is 4.79 Å². The second kappa shape index (κ2) is 13.4. The average molecular weight is 266 g/mol. The molecule has 0 saturated heterocycles. The number of carbonyl (C=O) groups is 1. The number of esters is 1. The van der Waals surface area contributed by atoms with Crippen molar-refractivity contribution < 1.29 is 9.53 Å². The molecule has 0 aromatic carbocycles. The van der Waals surface area contributed by atoms with E-state index in [0.717, 1.165) is 6.42 Å². The van der Waals surface area contributed by atoms with Gasteiger partial charge in [-0.2, -0.15) is 0 Å². The van der Waals surface area contributed by atoms with Crippen LogP contribution in [-0.4, -0.2) is 12.6 Å². The highest BCUT2D eigenvalue weighted by atomic mass is 16.5. The highest BCUT2D eigenvalue weighted by Crippen LogP contribution is 2.05. The number of hydrogen-bond donors (Lipinski definition) is 0. The summed E-state index contributed by atoms with van der Waals surface area (Å²) in [6.45, 7) is 6.64. The molecule has 2 heteroatoms. The minimum absolute atomic E-state index is 0.112. The number of unbranched alkanes of at least 4 members (excludes halogenated alkanes) is 5. The lowest BCUT2D eigenvalue weighted by Crippen LogP contribution is -2.07. The van der Waals surface area contributed by atoms with Gasteiger partial charge in [0.05, 0.1) is 0 Å². The Labute approximate surface area is 118 Å². The van der Waals surface area contributed by atoms with Gasteiger partial charge in [0, 0.05) is 6.42 Å². The van der Waals surface area contributed by atoms with Gasteiger partial charge in [0.15, 0.2) is 0 Å². The average Bonchev–Trinajstić information content (AvgIpc) is 2.35. The van der Waals surface area contributed by atoms with Crippen LogP contribution in [0.2, 0.25) is 0 Å². The second-order valence-corrected chi connectivity index (χ2v) is 5.34. The van der Waals surface area contributed by atoms with Gasteiger partial charge in [0.1, 0.15) is 6.61 Å². The van der Waals surface area contributed by atoms with Crippen LogP contribution in [0, 0.1) is 5.92 Å². The fraction of sp³-hybridized carbons (Fsp3) is 0.706. The van der Waals surface area contributed by atoms with E-state index in [1.54, 1.807) is 0 Å². The van der Waals surface area contributed by atoms with Crippen molar-refractivity contribution in [2.24, 2.45) is 5.92 Å². The van der Waals surface area contributed by atoms with Crippen LogP contribution in [0.1, 0.15) is 65.7 Å². The highest BCUT2D eigenvalue weighted by molar-refractivity contribution is 5.69. The zero-order chi connectivity index (χ0) is 14.3. The molecule has 0 aliphatic rings. The van der Waals surface area contributed by atoms with Crippen LogP contribution < -0.4 is 0 Å². The Morgan fingerprint density at radius 1 is 1.05 bits per heavy atom. The number of ether oxygens (including phenoxy) is 1. The van der Waals surface area contributed by atoms with Gasteiger partial charge in [-0.15, -0.1) is 0 Å². The summed E-state index contributed by atoms with van der Waals surface area (Å²) >= 11 is 0. The fourth-order valence-electron chi connectivity index (χ4n) is 1.71. The molecule has 0 rings (SSSR count). The molecule has 0 aliphatic carbocycles. The van der Waals surface area contributed by atoms with E-state index in [1.807, 2.05) is 32.1 Å². The van der Waals surface area contributed by atoms with Crippen LogP contribution in [0.4, 0.5) is 0 Å². The molecule has 110 valence electrons. The van der Waals surface area contributed by atoms with Crippen LogP contribution in [0.25, 0.3) is 0 Å². The van der Waals surface area contributed by atoms with Gasteiger partial charge in [-0.05, 0) is 24.8 Å². The van der Waals surface area contributed by atoms with Crippen molar-refractivity contribution in [2.45, 2.75) is 65.7 Å². The van der Waals surface area contributed by atoms with Crippen LogP contribution in [-0.2, 0) is 9.53 Å². The fourth-order valence-corrected chi connectivity index (χ4v) is 1.71. The third-order valence-electron chi connectivity index (χ3n) is 2.77. The summed E-state index contributed by atoms with van der Waals surface area (Å²) in [5, 5.41) is 0. The summed E-state index contributed by atoms with van der Waals surface area (Å²) in [7, 11) is 0. The van der Waals surface area contributed by atoms with Crippen LogP contribution in [0.5, 0.6) is 0 Å². The first kappa shape index (κ1) is 17.9. The van der Waals surface area contributed by atoms with Gasteiger partial charge in [0.2, 0.25) is 0 Å². The Bertz CT molecular complexity index is 264. The van der Waals surface area contributed by atoms with E-state index in [1.165, 1.54) is 32.1 Å². The molecule has 0 aliphatic heterocycles. The maximum atomic E-state index is 11.2. The lowest BCUT2D eigenvalue weighted by Gasteiger charge is -2.03. The van der Waals surface area contributed by atoms with Gasteiger partial charge < -0.3 is 4.74 Å². The van der Waals surface area contributed by atoms with E-state index >= 15 is 0 Å². The molecule has 0 saturated carbocycles. The quantitative estimate of drug-likeness (QED) is 0.297. The van der Waals surface area contributed by atoms with Gasteiger partial charge >= 0.3 is 5.97 Å². The Balaban J connectivity index is 3.39. The lowest BCUT2D eigenvalue weighted by molar-refractivity contribution is -0.143. The predicted molar refractivity (Wildman–Crippen MR) is 82.1 cm³/mol. The maximum absolute atomic E-state index is 11.2. The van der Waals surface area contributed by atoms with Crippen LogP contribution in [0.3, 0.4) is 0 Å². The minimum atomic E-state index is -0.112. The number of hydrogen-bond acceptors (Lipinski definition) is 2. The molecule has 0 bridgehead atoms. The van der Waals surface area contributed by atoms with Gasteiger partial charge in [-0.25, -0.2) is 0 Å². The Kier molecular flexibility index (Phi) is 12.6. The summed E-state index contributed by atoms with van der Waals surface area (Å²) in [6.07, 6.45) is 16.3. The Morgan fingerprint density at radius 2 is 1.74 bits per heavy atom. The standard InChI is InChI=1S/C17H30O2/c1-4-5-6-7-8-9-10-11-12-13-14-19-17(18)15-16(2)3/h10-13,16H,4-9,14-15H2,1-3H3. The third-order valence-corrected chi connectivity index (χ3v) is 2.77. The van der Waals surface area contributed by atoms with Crippen LogP contribution >= 0.6 is 0 Å². The van der Waals surface area contributed by atoms with E-state index < -0.39 is 0 Å². The first-order valence-corrected chi connectivity index (χ1v) is 7.64. The van der Waals surface area contributed by atoms with E-state index in [2.05, 4.69) is 13.0 Å². The Morgan fingerprint density at radius 3 is 2.42 bits per heavy atom. The molecule has 0 N–H and O–H groups in total. The van der Waals surface area contributed by atoms with Crippen molar-refractivity contribution in [2.75, 3.05) is 6.61 Å². The molecule has 0 atom stereocenters. The summed E-state index contributed by atoms with van der Waals surface area (Å²) in [4.78, 5) is 11.2. The van der Waals surface area contributed by atoms with E-state index in [4.69, 9.17) is 4.74 Å². The van der Waals surface area contributed by atoms with Crippen molar-refractivity contribution in [3.05, 3.63) is 24.3 Å². The van der Waals surface area contributed by atoms with Crippen molar-refractivity contribution in [3.63, 3.8) is 0 Å². The van der Waals surface area contributed by atoms with Crippen molar-refractivity contribution >= 4 is 5.97 Å². The molecule has 0 radical (unpaired) electrons. The summed E-state index contributed by atoms with van der Waals surface area (Å²) < 4.78 is 5.07. The van der Waals surface area contributed by atoms with E-state index in [-0.39, 0.29) is 5.97 Å². The van der Waals surface area contributed by atoms with E-state index in [9.17, 15) is 4.79 Å². The smallest absolute Gasteiger partial charge is 0.306 e. The van der Waals surface area contributed by atoms with Gasteiger partial charge in [-0.1, -0.05) is 64.7 Å².